The van der Waals surface area contributed by atoms with Gasteiger partial charge in [-0.2, -0.15) is 0 Å². The van der Waals surface area contributed by atoms with Crippen LogP contribution >= 0.6 is 0 Å². The second-order valence-corrected chi connectivity index (χ2v) is 9.12. The van der Waals surface area contributed by atoms with Crippen LogP contribution in [0.5, 0.6) is 0 Å². The molecule has 1 aliphatic heterocycles. The number of rotatable bonds is 8. The lowest BCUT2D eigenvalue weighted by Crippen LogP contribution is -2.52. The van der Waals surface area contributed by atoms with Gasteiger partial charge in [0.15, 0.2) is 0 Å². The number of carbonyl (C=O) groups excluding carboxylic acids is 2. The van der Waals surface area contributed by atoms with E-state index in [1.54, 1.807) is 0 Å². The number of hydrogen-bond acceptors (Lipinski definition) is 3. The summed E-state index contributed by atoms with van der Waals surface area (Å²) in [4.78, 5) is 30.6. The van der Waals surface area contributed by atoms with E-state index >= 15 is 0 Å². The number of hydrogen-bond donors (Lipinski definition) is 1. The van der Waals surface area contributed by atoms with Crippen LogP contribution in [0, 0.1) is 12.8 Å². The third kappa shape index (κ3) is 6.67. The Balaban J connectivity index is 1.53. The van der Waals surface area contributed by atoms with Crippen molar-refractivity contribution in [3.63, 3.8) is 0 Å². The summed E-state index contributed by atoms with van der Waals surface area (Å²) < 4.78 is 0. The van der Waals surface area contributed by atoms with Crippen LogP contribution in [-0.4, -0.2) is 60.4 Å². The molecule has 0 aliphatic carbocycles. The molecular formula is C27H37N3O2. The first-order chi connectivity index (χ1) is 15.5. The SMILES string of the molecule is Cc1ccccc1C(=O)NC(C(=O)N1CCCN(CCCc2ccccc2)CC1)C(C)C. The minimum absolute atomic E-state index is 0.0284. The molecule has 0 bridgehead atoms. The van der Waals surface area contributed by atoms with Gasteiger partial charge in [-0.3, -0.25) is 9.59 Å². The third-order valence-electron chi connectivity index (χ3n) is 6.29. The molecule has 0 spiro atoms. The van der Waals surface area contributed by atoms with Crippen molar-refractivity contribution in [3.8, 4) is 0 Å². The van der Waals surface area contributed by atoms with Gasteiger partial charge in [0.1, 0.15) is 6.04 Å². The van der Waals surface area contributed by atoms with Crippen LogP contribution in [0.3, 0.4) is 0 Å². The molecule has 2 aromatic rings. The number of carbonyl (C=O) groups is 2. The Hall–Kier alpha value is -2.66. The Bertz CT molecular complexity index is 881. The number of benzene rings is 2. The van der Waals surface area contributed by atoms with Crippen molar-refractivity contribution >= 4 is 11.8 Å². The molecule has 2 aromatic carbocycles. The van der Waals surface area contributed by atoms with E-state index in [-0.39, 0.29) is 17.7 Å². The van der Waals surface area contributed by atoms with Crippen molar-refractivity contribution in [3.05, 3.63) is 71.3 Å². The molecule has 0 aromatic heterocycles. The summed E-state index contributed by atoms with van der Waals surface area (Å²) in [6.45, 7) is 10.3. The molecule has 3 rings (SSSR count). The van der Waals surface area contributed by atoms with Gasteiger partial charge < -0.3 is 15.1 Å². The van der Waals surface area contributed by atoms with Gasteiger partial charge in [0.2, 0.25) is 5.91 Å². The Labute approximate surface area is 192 Å². The fraction of sp³-hybridized carbons (Fsp3) is 0.481. The molecule has 2 amide bonds. The molecule has 1 saturated heterocycles. The molecule has 1 atom stereocenters. The van der Waals surface area contributed by atoms with E-state index in [0.717, 1.165) is 51.0 Å². The van der Waals surface area contributed by atoms with Crippen molar-refractivity contribution in [1.29, 1.82) is 0 Å². The quantitative estimate of drug-likeness (QED) is 0.684. The Kier molecular flexibility index (Phi) is 8.86. The highest BCUT2D eigenvalue weighted by Crippen LogP contribution is 2.13. The Morgan fingerprint density at radius 2 is 1.66 bits per heavy atom. The van der Waals surface area contributed by atoms with E-state index in [1.807, 2.05) is 49.9 Å². The lowest BCUT2D eigenvalue weighted by Gasteiger charge is -2.29. The summed E-state index contributed by atoms with van der Waals surface area (Å²) in [7, 11) is 0. The fourth-order valence-corrected chi connectivity index (χ4v) is 4.32. The molecule has 0 saturated carbocycles. The second kappa shape index (κ2) is 11.8. The topological polar surface area (TPSA) is 52.7 Å². The van der Waals surface area contributed by atoms with Crippen molar-refractivity contribution in [1.82, 2.24) is 15.1 Å². The van der Waals surface area contributed by atoms with E-state index in [0.29, 0.717) is 12.1 Å². The molecule has 1 unspecified atom stereocenters. The van der Waals surface area contributed by atoms with Gasteiger partial charge in [-0.1, -0.05) is 62.4 Å². The molecular weight excluding hydrogens is 398 g/mol. The minimum Gasteiger partial charge on any atom is -0.340 e. The first-order valence-electron chi connectivity index (χ1n) is 11.9. The molecule has 1 N–H and O–H groups in total. The lowest BCUT2D eigenvalue weighted by molar-refractivity contribution is -0.134. The Morgan fingerprint density at radius 3 is 2.38 bits per heavy atom. The molecule has 5 nitrogen and oxygen atoms in total. The largest absolute Gasteiger partial charge is 0.340 e. The predicted octanol–water partition coefficient (Wildman–Crippen LogP) is 3.92. The molecule has 32 heavy (non-hydrogen) atoms. The maximum Gasteiger partial charge on any atom is 0.252 e. The highest BCUT2D eigenvalue weighted by Gasteiger charge is 2.30. The maximum absolute atomic E-state index is 13.3. The van der Waals surface area contributed by atoms with Crippen LogP contribution in [0.15, 0.2) is 54.6 Å². The van der Waals surface area contributed by atoms with Crippen LogP contribution < -0.4 is 5.32 Å². The summed E-state index contributed by atoms with van der Waals surface area (Å²) in [5, 5.41) is 3.01. The predicted molar refractivity (Wildman–Crippen MR) is 130 cm³/mol. The zero-order valence-corrected chi connectivity index (χ0v) is 19.7. The lowest BCUT2D eigenvalue weighted by atomic mass is 10.0. The van der Waals surface area contributed by atoms with Crippen LogP contribution in [0.4, 0.5) is 0 Å². The number of aryl methyl sites for hydroxylation is 2. The second-order valence-electron chi connectivity index (χ2n) is 9.12. The molecule has 1 aliphatic rings. The molecule has 5 heteroatoms. The number of nitrogens with zero attached hydrogens (tertiary/aromatic N) is 2. The van der Waals surface area contributed by atoms with E-state index in [2.05, 4.69) is 40.5 Å². The summed E-state index contributed by atoms with van der Waals surface area (Å²) in [6.07, 6.45) is 3.17. The molecule has 172 valence electrons. The molecule has 1 fully saturated rings. The summed E-state index contributed by atoms with van der Waals surface area (Å²) in [6, 6.07) is 17.6. The highest BCUT2D eigenvalue weighted by atomic mass is 16.2. The van der Waals surface area contributed by atoms with E-state index in [1.165, 1.54) is 5.56 Å². The van der Waals surface area contributed by atoms with Gasteiger partial charge in [-0.05, 0) is 62.4 Å². The first-order valence-corrected chi connectivity index (χ1v) is 11.9. The van der Waals surface area contributed by atoms with Crippen molar-refractivity contribution in [2.45, 2.75) is 46.1 Å². The smallest absolute Gasteiger partial charge is 0.252 e. The summed E-state index contributed by atoms with van der Waals surface area (Å²) >= 11 is 0. The van der Waals surface area contributed by atoms with Crippen molar-refractivity contribution < 1.29 is 9.59 Å². The first kappa shape index (κ1) is 24.0. The summed E-state index contributed by atoms with van der Waals surface area (Å²) in [5.41, 5.74) is 2.93. The zero-order chi connectivity index (χ0) is 22.9. The number of nitrogens with one attached hydrogen (secondary N) is 1. The van der Waals surface area contributed by atoms with Crippen LogP contribution in [-0.2, 0) is 11.2 Å². The third-order valence-corrected chi connectivity index (χ3v) is 6.29. The zero-order valence-electron chi connectivity index (χ0n) is 19.7. The Morgan fingerprint density at radius 1 is 0.938 bits per heavy atom. The maximum atomic E-state index is 13.3. The van der Waals surface area contributed by atoms with Gasteiger partial charge in [-0.25, -0.2) is 0 Å². The van der Waals surface area contributed by atoms with Crippen LogP contribution in [0.1, 0.15) is 48.2 Å². The average molecular weight is 436 g/mol. The van der Waals surface area contributed by atoms with Crippen LogP contribution in [0.25, 0.3) is 0 Å². The van der Waals surface area contributed by atoms with E-state index in [9.17, 15) is 9.59 Å². The van der Waals surface area contributed by atoms with Gasteiger partial charge in [0.25, 0.3) is 5.91 Å². The van der Waals surface area contributed by atoms with E-state index in [4.69, 9.17) is 0 Å². The molecule has 1 heterocycles. The van der Waals surface area contributed by atoms with Gasteiger partial charge in [-0.15, -0.1) is 0 Å². The fourth-order valence-electron chi connectivity index (χ4n) is 4.32. The van der Waals surface area contributed by atoms with Gasteiger partial charge in [0.05, 0.1) is 0 Å². The monoisotopic (exact) mass is 435 g/mol. The molecule has 0 radical (unpaired) electrons. The van der Waals surface area contributed by atoms with Gasteiger partial charge >= 0.3 is 0 Å². The standard InChI is InChI=1S/C27H37N3O2/c1-21(2)25(28-26(31)24-15-8-7-11-22(24)3)27(32)30-18-10-17-29(19-20-30)16-9-14-23-12-5-4-6-13-23/h4-8,11-13,15,21,25H,9-10,14,16-20H2,1-3H3,(H,28,31). The average Bonchev–Trinajstić information content (AvgIpc) is 3.03. The van der Waals surface area contributed by atoms with Crippen LogP contribution in [0.2, 0.25) is 0 Å². The normalized spacial score (nSPS) is 15.9. The minimum atomic E-state index is -0.508. The van der Waals surface area contributed by atoms with Gasteiger partial charge in [0, 0.05) is 25.2 Å². The summed E-state index contributed by atoms with van der Waals surface area (Å²) in [5.74, 6) is -0.110. The van der Waals surface area contributed by atoms with Crippen molar-refractivity contribution in [2.75, 3.05) is 32.7 Å². The number of amides is 2. The van der Waals surface area contributed by atoms with Crippen molar-refractivity contribution in [2.24, 2.45) is 5.92 Å². The van der Waals surface area contributed by atoms with E-state index < -0.39 is 6.04 Å². The highest BCUT2D eigenvalue weighted by molar-refractivity contribution is 5.98.